The predicted octanol–water partition coefficient (Wildman–Crippen LogP) is 2.29. The Balaban J connectivity index is 1.81. The third kappa shape index (κ3) is 3.59. The number of piperazine rings is 1. The van der Waals surface area contributed by atoms with Crippen LogP contribution in [0.1, 0.15) is 16.7 Å². The van der Waals surface area contributed by atoms with Crippen LogP contribution >= 0.6 is 0 Å². The van der Waals surface area contributed by atoms with Gasteiger partial charge in [0.2, 0.25) is 5.95 Å². The first-order valence-corrected chi connectivity index (χ1v) is 8.01. The second kappa shape index (κ2) is 6.50. The lowest BCUT2D eigenvalue weighted by Gasteiger charge is -2.32. The molecule has 2 aromatic rings. The summed E-state index contributed by atoms with van der Waals surface area (Å²) in [5, 5.41) is 11.7. The number of hydrogen-bond acceptors (Lipinski definition) is 6. The molecule has 2 heterocycles. The number of nitrogens with one attached hydrogen (secondary N) is 1. The maximum Gasteiger partial charge on any atom is 0.247 e. The first kappa shape index (κ1) is 15.7. The number of aryl methyl sites for hydroxylation is 3. The molecule has 3 rings (SSSR count). The highest BCUT2D eigenvalue weighted by Gasteiger charge is 2.17. The van der Waals surface area contributed by atoms with Crippen LogP contribution in [0.15, 0.2) is 18.3 Å². The molecule has 0 aliphatic carbocycles. The summed E-state index contributed by atoms with van der Waals surface area (Å²) in [7, 11) is 2.14. The van der Waals surface area contributed by atoms with E-state index in [0.717, 1.165) is 37.7 Å². The van der Waals surface area contributed by atoms with Crippen molar-refractivity contribution in [2.45, 2.75) is 20.8 Å². The molecular formula is C17H24N6. The van der Waals surface area contributed by atoms with E-state index in [-0.39, 0.29) is 0 Å². The van der Waals surface area contributed by atoms with Gasteiger partial charge in [-0.2, -0.15) is 10.1 Å². The number of hydrogen-bond donors (Lipinski definition) is 1. The van der Waals surface area contributed by atoms with Crippen LogP contribution in [-0.4, -0.2) is 53.3 Å². The Morgan fingerprint density at radius 1 is 1.00 bits per heavy atom. The molecule has 0 bridgehead atoms. The number of rotatable bonds is 3. The molecule has 6 nitrogen and oxygen atoms in total. The average molecular weight is 312 g/mol. The zero-order valence-electron chi connectivity index (χ0n) is 14.3. The van der Waals surface area contributed by atoms with Gasteiger partial charge in [-0.05, 0) is 38.9 Å². The molecule has 0 amide bonds. The number of nitrogens with zero attached hydrogens (tertiary/aromatic N) is 5. The predicted molar refractivity (Wildman–Crippen MR) is 93.5 cm³/mol. The van der Waals surface area contributed by atoms with Gasteiger partial charge in [0.15, 0.2) is 5.82 Å². The zero-order valence-corrected chi connectivity index (χ0v) is 14.3. The summed E-state index contributed by atoms with van der Waals surface area (Å²) in [6, 6.07) is 4.34. The fourth-order valence-electron chi connectivity index (χ4n) is 3.00. The highest BCUT2D eigenvalue weighted by atomic mass is 15.4. The molecule has 0 spiro atoms. The number of aromatic nitrogens is 3. The van der Waals surface area contributed by atoms with E-state index in [9.17, 15) is 0 Å². The fraction of sp³-hybridized carbons (Fsp3) is 0.471. The molecule has 6 heteroatoms. The highest BCUT2D eigenvalue weighted by Crippen LogP contribution is 2.25. The molecule has 0 unspecified atom stereocenters. The van der Waals surface area contributed by atoms with Gasteiger partial charge >= 0.3 is 0 Å². The van der Waals surface area contributed by atoms with Gasteiger partial charge < -0.3 is 15.1 Å². The van der Waals surface area contributed by atoms with Gasteiger partial charge in [0, 0.05) is 31.9 Å². The summed E-state index contributed by atoms with van der Waals surface area (Å²) in [5.41, 5.74) is 4.79. The SMILES string of the molecule is Cc1cc(C)c(Nc2cnnc(N3CCN(C)CC3)n2)c(C)c1. The van der Waals surface area contributed by atoms with Gasteiger partial charge in [-0.3, -0.25) is 0 Å². The third-order valence-corrected chi connectivity index (χ3v) is 4.26. The maximum absolute atomic E-state index is 4.64. The van der Waals surface area contributed by atoms with Gasteiger partial charge in [-0.1, -0.05) is 17.7 Å². The Hall–Kier alpha value is -2.21. The minimum atomic E-state index is 0.700. The van der Waals surface area contributed by atoms with E-state index in [4.69, 9.17) is 0 Å². The van der Waals surface area contributed by atoms with Crippen LogP contribution in [0, 0.1) is 20.8 Å². The monoisotopic (exact) mass is 312 g/mol. The lowest BCUT2D eigenvalue weighted by atomic mass is 10.1. The molecule has 1 saturated heterocycles. The standard InChI is InChI=1S/C17H24N6/c1-12-9-13(2)16(14(3)10-12)19-15-11-18-21-17(20-15)23-7-5-22(4)6-8-23/h9-11H,5-8H2,1-4H3,(H,19,20,21). The van der Waals surface area contributed by atoms with Crippen molar-refractivity contribution >= 4 is 17.5 Å². The van der Waals surface area contributed by atoms with E-state index in [1.807, 2.05) is 0 Å². The third-order valence-electron chi connectivity index (χ3n) is 4.26. The summed E-state index contributed by atoms with van der Waals surface area (Å²) in [6.07, 6.45) is 1.68. The Morgan fingerprint density at radius 3 is 2.30 bits per heavy atom. The smallest absolute Gasteiger partial charge is 0.247 e. The van der Waals surface area contributed by atoms with Crippen LogP contribution in [0.4, 0.5) is 17.5 Å². The van der Waals surface area contributed by atoms with E-state index < -0.39 is 0 Å². The van der Waals surface area contributed by atoms with E-state index in [0.29, 0.717) is 5.95 Å². The fourth-order valence-corrected chi connectivity index (χ4v) is 3.00. The molecule has 122 valence electrons. The Bertz CT molecular complexity index is 668. The Morgan fingerprint density at radius 2 is 1.65 bits per heavy atom. The van der Waals surface area contributed by atoms with E-state index in [1.165, 1.54) is 16.7 Å². The molecule has 0 radical (unpaired) electrons. The molecule has 23 heavy (non-hydrogen) atoms. The topological polar surface area (TPSA) is 57.2 Å². The second-order valence-electron chi connectivity index (χ2n) is 6.33. The van der Waals surface area contributed by atoms with Crippen molar-refractivity contribution < 1.29 is 0 Å². The number of anilines is 3. The van der Waals surface area contributed by atoms with Gasteiger partial charge in [0.05, 0.1) is 6.20 Å². The van der Waals surface area contributed by atoms with Gasteiger partial charge in [0.25, 0.3) is 0 Å². The maximum atomic E-state index is 4.64. The minimum absolute atomic E-state index is 0.700. The quantitative estimate of drug-likeness (QED) is 0.938. The Kier molecular flexibility index (Phi) is 4.43. The van der Waals surface area contributed by atoms with Gasteiger partial charge in [0.1, 0.15) is 0 Å². The molecule has 1 fully saturated rings. The summed E-state index contributed by atoms with van der Waals surface area (Å²) < 4.78 is 0. The van der Waals surface area contributed by atoms with Crippen LogP contribution in [0.3, 0.4) is 0 Å². The van der Waals surface area contributed by atoms with Crippen molar-refractivity contribution in [3.8, 4) is 0 Å². The number of likely N-dealkylation sites (N-methyl/N-ethyl adjacent to an activating group) is 1. The van der Waals surface area contributed by atoms with Crippen molar-refractivity contribution in [3.05, 3.63) is 35.0 Å². The minimum Gasteiger partial charge on any atom is -0.338 e. The summed E-state index contributed by atoms with van der Waals surface area (Å²) in [4.78, 5) is 9.14. The first-order chi connectivity index (χ1) is 11.0. The van der Waals surface area contributed by atoms with Crippen LogP contribution in [-0.2, 0) is 0 Å². The van der Waals surface area contributed by atoms with Crippen LogP contribution < -0.4 is 10.2 Å². The van der Waals surface area contributed by atoms with Crippen molar-refractivity contribution in [2.75, 3.05) is 43.4 Å². The number of benzene rings is 1. The molecular weight excluding hydrogens is 288 g/mol. The summed E-state index contributed by atoms with van der Waals surface area (Å²) in [6.45, 7) is 10.3. The van der Waals surface area contributed by atoms with Crippen LogP contribution in [0.5, 0.6) is 0 Å². The second-order valence-corrected chi connectivity index (χ2v) is 6.33. The lowest BCUT2D eigenvalue weighted by molar-refractivity contribution is 0.311. The average Bonchev–Trinajstić information content (AvgIpc) is 2.52. The highest BCUT2D eigenvalue weighted by molar-refractivity contribution is 5.65. The van der Waals surface area contributed by atoms with Crippen LogP contribution in [0.25, 0.3) is 0 Å². The summed E-state index contributed by atoms with van der Waals surface area (Å²) in [5.74, 6) is 1.44. The largest absolute Gasteiger partial charge is 0.338 e. The van der Waals surface area contributed by atoms with Gasteiger partial charge in [-0.25, -0.2) is 0 Å². The molecule has 1 aromatic carbocycles. The first-order valence-electron chi connectivity index (χ1n) is 8.01. The van der Waals surface area contributed by atoms with Crippen LogP contribution in [0.2, 0.25) is 0 Å². The molecule has 1 aliphatic rings. The molecule has 0 saturated carbocycles. The van der Waals surface area contributed by atoms with E-state index in [1.54, 1.807) is 6.20 Å². The molecule has 0 atom stereocenters. The lowest BCUT2D eigenvalue weighted by Crippen LogP contribution is -2.45. The van der Waals surface area contributed by atoms with E-state index in [2.05, 4.69) is 70.2 Å². The Labute approximate surface area is 137 Å². The van der Waals surface area contributed by atoms with E-state index >= 15 is 0 Å². The zero-order chi connectivity index (χ0) is 16.4. The van der Waals surface area contributed by atoms with Crippen molar-refractivity contribution in [1.82, 2.24) is 20.1 Å². The molecule has 1 aliphatic heterocycles. The van der Waals surface area contributed by atoms with Crippen molar-refractivity contribution in [2.24, 2.45) is 0 Å². The molecule has 1 N–H and O–H groups in total. The molecule has 1 aromatic heterocycles. The van der Waals surface area contributed by atoms with Gasteiger partial charge in [-0.15, -0.1) is 5.10 Å². The summed E-state index contributed by atoms with van der Waals surface area (Å²) >= 11 is 0. The normalized spacial score (nSPS) is 15.7. The van der Waals surface area contributed by atoms with Crippen molar-refractivity contribution in [1.29, 1.82) is 0 Å². The van der Waals surface area contributed by atoms with Crippen molar-refractivity contribution in [3.63, 3.8) is 0 Å².